The number of halogens is 2. The summed E-state index contributed by atoms with van der Waals surface area (Å²) in [5.41, 5.74) is 1.75. The second kappa shape index (κ2) is 6.28. The largest absolute Gasteiger partial charge is 0.331 e. The molecule has 1 aromatic carbocycles. The van der Waals surface area contributed by atoms with E-state index in [0.717, 1.165) is 27.4 Å². The average Bonchev–Trinajstić information content (AvgIpc) is 3.32. The average molecular weight is 410 g/mol. The highest BCUT2D eigenvalue weighted by Crippen LogP contribution is 2.32. The van der Waals surface area contributed by atoms with Gasteiger partial charge in [-0.05, 0) is 58.6 Å². The van der Waals surface area contributed by atoms with Crippen LogP contribution in [0.15, 0.2) is 51.7 Å². The molecule has 0 saturated heterocycles. The number of nitrogens with zero attached hydrogens (tertiary/aromatic N) is 2. The number of hydrogen-bond donors (Lipinski definition) is 0. The molecule has 0 unspecified atom stereocenters. The number of carbonyl (C=O) groups excluding carboxylic acids is 1. The number of amides is 1. The topological polar surface area (TPSA) is 33.2 Å². The fourth-order valence-electron chi connectivity index (χ4n) is 2.26. The van der Waals surface area contributed by atoms with Crippen LogP contribution in [0.4, 0.5) is 0 Å². The van der Waals surface area contributed by atoms with Gasteiger partial charge in [0, 0.05) is 33.9 Å². The molecule has 1 fully saturated rings. The Bertz CT molecular complexity index is 657. The maximum atomic E-state index is 12.9. The summed E-state index contributed by atoms with van der Waals surface area (Å²) in [6.45, 7) is 0.607. The van der Waals surface area contributed by atoms with Gasteiger partial charge < -0.3 is 4.90 Å². The highest BCUT2D eigenvalue weighted by Gasteiger charge is 2.33. The van der Waals surface area contributed by atoms with Crippen LogP contribution in [-0.2, 0) is 6.54 Å². The van der Waals surface area contributed by atoms with Gasteiger partial charge in [-0.25, -0.2) is 0 Å². The molecule has 1 heterocycles. The minimum Gasteiger partial charge on any atom is -0.331 e. The number of carbonyl (C=O) groups is 1. The van der Waals surface area contributed by atoms with Gasteiger partial charge in [0.1, 0.15) is 0 Å². The van der Waals surface area contributed by atoms with Crippen molar-refractivity contribution < 1.29 is 4.79 Å². The van der Waals surface area contributed by atoms with Crippen molar-refractivity contribution in [1.82, 2.24) is 9.88 Å². The Kier molecular flexibility index (Phi) is 4.40. The fraction of sp³-hybridized carbons (Fsp3) is 0.250. The minimum absolute atomic E-state index is 0.0644. The second-order valence-electron chi connectivity index (χ2n) is 5.15. The molecule has 21 heavy (non-hydrogen) atoms. The summed E-state index contributed by atoms with van der Waals surface area (Å²) in [7, 11) is 0. The highest BCUT2D eigenvalue weighted by molar-refractivity contribution is 9.11. The minimum atomic E-state index is 0.0644. The van der Waals surface area contributed by atoms with Crippen LogP contribution in [0.25, 0.3) is 0 Å². The molecule has 0 N–H and O–H groups in total. The molecule has 3 rings (SSSR count). The third kappa shape index (κ3) is 3.52. The number of benzene rings is 1. The van der Waals surface area contributed by atoms with Crippen molar-refractivity contribution in [3.63, 3.8) is 0 Å². The first-order valence-corrected chi connectivity index (χ1v) is 8.38. The van der Waals surface area contributed by atoms with Gasteiger partial charge in [-0.1, -0.05) is 22.0 Å². The quantitative estimate of drug-likeness (QED) is 0.749. The number of pyridine rings is 1. The molecule has 1 amide bonds. The van der Waals surface area contributed by atoms with Gasteiger partial charge in [0.2, 0.25) is 0 Å². The van der Waals surface area contributed by atoms with Crippen molar-refractivity contribution in [3.05, 3.63) is 62.8 Å². The van der Waals surface area contributed by atoms with Crippen molar-refractivity contribution in [3.8, 4) is 0 Å². The van der Waals surface area contributed by atoms with E-state index in [0.29, 0.717) is 18.2 Å². The molecule has 1 saturated carbocycles. The Morgan fingerprint density at radius 1 is 1.29 bits per heavy atom. The third-order valence-corrected chi connectivity index (χ3v) is 4.67. The van der Waals surface area contributed by atoms with Crippen molar-refractivity contribution in [2.75, 3.05) is 0 Å². The van der Waals surface area contributed by atoms with Crippen LogP contribution >= 0.6 is 31.9 Å². The Hall–Kier alpha value is -1.20. The van der Waals surface area contributed by atoms with Crippen molar-refractivity contribution >= 4 is 37.8 Å². The maximum absolute atomic E-state index is 12.9. The summed E-state index contributed by atoms with van der Waals surface area (Å²) in [5.74, 6) is 0.0644. The Labute approximate surface area is 140 Å². The van der Waals surface area contributed by atoms with E-state index in [9.17, 15) is 4.79 Å². The summed E-state index contributed by atoms with van der Waals surface area (Å²) in [6.07, 6.45) is 5.73. The van der Waals surface area contributed by atoms with Crippen LogP contribution in [0.3, 0.4) is 0 Å². The van der Waals surface area contributed by atoms with Gasteiger partial charge >= 0.3 is 0 Å². The first kappa shape index (κ1) is 14.7. The first-order valence-electron chi connectivity index (χ1n) is 6.80. The molecule has 0 radical (unpaired) electrons. The van der Waals surface area contributed by atoms with Crippen LogP contribution in [-0.4, -0.2) is 21.8 Å². The van der Waals surface area contributed by atoms with Crippen molar-refractivity contribution in [1.29, 1.82) is 0 Å². The van der Waals surface area contributed by atoms with Crippen LogP contribution in [0.1, 0.15) is 28.8 Å². The molecule has 2 aromatic rings. The Morgan fingerprint density at radius 2 is 2.10 bits per heavy atom. The maximum Gasteiger partial charge on any atom is 0.255 e. The van der Waals surface area contributed by atoms with E-state index in [1.165, 1.54) is 0 Å². The SMILES string of the molecule is O=C(c1cc(Br)ccc1Br)N(Cc1cccnc1)C1CC1. The molecule has 108 valence electrons. The summed E-state index contributed by atoms with van der Waals surface area (Å²) in [5, 5.41) is 0. The lowest BCUT2D eigenvalue weighted by Gasteiger charge is -2.23. The zero-order valence-electron chi connectivity index (χ0n) is 11.3. The van der Waals surface area contributed by atoms with Crippen LogP contribution in [0.2, 0.25) is 0 Å². The summed E-state index contributed by atoms with van der Waals surface area (Å²) < 4.78 is 1.73. The van der Waals surface area contributed by atoms with E-state index < -0.39 is 0 Å². The normalized spacial score (nSPS) is 14.0. The van der Waals surface area contributed by atoms with E-state index in [2.05, 4.69) is 36.8 Å². The van der Waals surface area contributed by atoms with E-state index >= 15 is 0 Å². The predicted molar refractivity (Wildman–Crippen MR) is 89.0 cm³/mol. The number of aromatic nitrogens is 1. The lowest BCUT2D eigenvalue weighted by Crippen LogP contribution is -2.32. The van der Waals surface area contributed by atoms with Gasteiger partial charge in [-0.15, -0.1) is 0 Å². The lowest BCUT2D eigenvalue weighted by atomic mass is 10.1. The van der Waals surface area contributed by atoms with Gasteiger partial charge in [-0.2, -0.15) is 0 Å². The van der Waals surface area contributed by atoms with Crippen LogP contribution < -0.4 is 0 Å². The van der Waals surface area contributed by atoms with Gasteiger partial charge in [0.25, 0.3) is 5.91 Å². The lowest BCUT2D eigenvalue weighted by molar-refractivity contribution is 0.0729. The molecular weight excluding hydrogens is 396 g/mol. The van der Waals surface area contributed by atoms with Gasteiger partial charge in [0.05, 0.1) is 5.56 Å². The van der Waals surface area contributed by atoms with E-state index in [1.807, 2.05) is 41.4 Å². The highest BCUT2D eigenvalue weighted by atomic mass is 79.9. The molecular formula is C16H14Br2N2O. The van der Waals surface area contributed by atoms with Gasteiger partial charge in [-0.3, -0.25) is 9.78 Å². The zero-order valence-corrected chi connectivity index (χ0v) is 14.5. The summed E-state index contributed by atoms with van der Waals surface area (Å²) in [6, 6.07) is 9.94. The molecule has 0 bridgehead atoms. The molecule has 1 aliphatic carbocycles. The standard InChI is InChI=1S/C16H14Br2N2O/c17-12-3-6-15(18)14(8-12)16(21)20(13-4-5-13)10-11-2-1-7-19-9-11/h1-3,6-9,13H,4-5,10H2. The van der Waals surface area contributed by atoms with Crippen LogP contribution in [0, 0.1) is 0 Å². The number of rotatable bonds is 4. The van der Waals surface area contributed by atoms with E-state index in [-0.39, 0.29) is 5.91 Å². The second-order valence-corrected chi connectivity index (χ2v) is 6.92. The van der Waals surface area contributed by atoms with Crippen LogP contribution in [0.5, 0.6) is 0 Å². The molecule has 0 atom stereocenters. The predicted octanol–water partition coefficient (Wildman–Crippen LogP) is 4.41. The zero-order chi connectivity index (χ0) is 14.8. The van der Waals surface area contributed by atoms with E-state index in [1.54, 1.807) is 6.20 Å². The molecule has 0 spiro atoms. The van der Waals surface area contributed by atoms with Crippen molar-refractivity contribution in [2.45, 2.75) is 25.4 Å². The molecule has 1 aromatic heterocycles. The first-order chi connectivity index (χ1) is 10.1. The summed E-state index contributed by atoms with van der Waals surface area (Å²) >= 11 is 6.91. The third-order valence-electron chi connectivity index (χ3n) is 3.48. The smallest absolute Gasteiger partial charge is 0.255 e. The van der Waals surface area contributed by atoms with Gasteiger partial charge in [0.15, 0.2) is 0 Å². The molecule has 1 aliphatic rings. The van der Waals surface area contributed by atoms with E-state index in [4.69, 9.17) is 0 Å². The van der Waals surface area contributed by atoms with Crippen molar-refractivity contribution in [2.24, 2.45) is 0 Å². The fourth-order valence-corrected chi connectivity index (χ4v) is 3.03. The molecule has 5 heteroatoms. The number of hydrogen-bond acceptors (Lipinski definition) is 2. The molecule has 3 nitrogen and oxygen atoms in total. The Morgan fingerprint density at radius 3 is 2.76 bits per heavy atom. The molecule has 0 aliphatic heterocycles. The Balaban J connectivity index is 1.87. The monoisotopic (exact) mass is 408 g/mol. The summed E-state index contributed by atoms with van der Waals surface area (Å²) in [4.78, 5) is 18.9.